The number of methoxy groups -OCH3 is 1. The average molecular weight is 455 g/mol. The Hall–Kier alpha value is -2.07. The molecule has 6 nitrogen and oxygen atoms in total. The number of benzene rings is 1. The smallest absolute Gasteiger partial charge is 0.294 e. The number of sulfonamides is 1. The van der Waals surface area contributed by atoms with Crippen molar-refractivity contribution < 1.29 is 17.9 Å². The number of ether oxygens (including phenoxy) is 1. The molecule has 10 heteroatoms. The van der Waals surface area contributed by atoms with Crippen molar-refractivity contribution in [2.75, 3.05) is 13.7 Å². The maximum absolute atomic E-state index is 12.7. The summed E-state index contributed by atoms with van der Waals surface area (Å²) >= 11 is 7.74. The van der Waals surface area contributed by atoms with Gasteiger partial charge in [-0.05, 0) is 47.7 Å². The van der Waals surface area contributed by atoms with Crippen molar-refractivity contribution in [2.45, 2.75) is 4.21 Å². The van der Waals surface area contributed by atoms with Gasteiger partial charge in [0.2, 0.25) is 0 Å². The van der Waals surface area contributed by atoms with E-state index in [-0.39, 0.29) is 21.8 Å². The number of amidine groups is 1. The first-order valence-electron chi connectivity index (χ1n) is 7.90. The second kappa shape index (κ2) is 8.52. The monoisotopic (exact) mass is 454 g/mol. The molecule has 28 heavy (non-hydrogen) atoms. The van der Waals surface area contributed by atoms with E-state index in [1.54, 1.807) is 37.5 Å². The highest BCUT2D eigenvalue weighted by Gasteiger charge is 2.34. The molecule has 0 aliphatic carbocycles. The van der Waals surface area contributed by atoms with Gasteiger partial charge in [-0.1, -0.05) is 29.8 Å². The molecule has 0 N–H and O–H groups in total. The summed E-state index contributed by atoms with van der Waals surface area (Å²) in [6.45, 7) is 3.77. The Kier molecular flexibility index (Phi) is 6.29. The molecule has 1 aromatic carbocycles. The Bertz CT molecular complexity index is 1070. The lowest BCUT2D eigenvalue weighted by Gasteiger charge is -2.12. The quantitative estimate of drug-likeness (QED) is 0.481. The predicted molar refractivity (Wildman–Crippen MR) is 114 cm³/mol. The minimum absolute atomic E-state index is 0.0178. The van der Waals surface area contributed by atoms with Crippen LogP contribution in [0.4, 0.5) is 0 Å². The van der Waals surface area contributed by atoms with E-state index in [9.17, 15) is 13.2 Å². The van der Waals surface area contributed by atoms with Gasteiger partial charge >= 0.3 is 0 Å². The number of carbonyl (C=O) groups excluding carboxylic acids is 1. The fourth-order valence-corrected chi connectivity index (χ4v) is 5.95. The largest absolute Gasteiger partial charge is 0.497 e. The summed E-state index contributed by atoms with van der Waals surface area (Å²) in [6.07, 6.45) is 3.19. The summed E-state index contributed by atoms with van der Waals surface area (Å²) in [4.78, 5) is 14.4. The van der Waals surface area contributed by atoms with Crippen molar-refractivity contribution in [3.63, 3.8) is 0 Å². The van der Waals surface area contributed by atoms with Crippen molar-refractivity contribution in [1.29, 1.82) is 0 Å². The Morgan fingerprint density at radius 2 is 1.96 bits per heavy atom. The van der Waals surface area contributed by atoms with Gasteiger partial charge in [-0.2, -0.15) is 8.42 Å². The summed E-state index contributed by atoms with van der Waals surface area (Å²) in [5, 5.41) is 0.0779. The van der Waals surface area contributed by atoms with Gasteiger partial charge in [-0.3, -0.25) is 9.69 Å². The molecule has 1 aromatic heterocycles. The van der Waals surface area contributed by atoms with Crippen LogP contribution in [0, 0.1) is 0 Å². The minimum Gasteiger partial charge on any atom is -0.497 e. The normalized spacial score (nSPS) is 17.5. The van der Waals surface area contributed by atoms with E-state index in [4.69, 9.17) is 16.3 Å². The molecule has 1 aliphatic heterocycles. The number of nitrogens with zero attached hydrogens (tertiary/aromatic N) is 2. The lowest BCUT2D eigenvalue weighted by atomic mass is 10.2. The third-order valence-corrected chi connectivity index (χ3v) is 7.70. The second-order valence-corrected chi connectivity index (χ2v) is 10.1. The third kappa shape index (κ3) is 4.49. The maximum Gasteiger partial charge on any atom is 0.294 e. The maximum atomic E-state index is 12.7. The van der Waals surface area contributed by atoms with E-state index < -0.39 is 10.0 Å². The van der Waals surface area contributed by atoms with Crippen molar-refractivity contribution >= 4 is 61.9 Å². The highest BCUT2D eigenvalue weighted by atomic mass is 35.5. The Labute approximate surface area is 176 Å². The SMILES string of the molecule is C=CCN1C(=O)/C(=C/c2ccc(OC)cc2)SC1=NS(=O)(=O)c1ccc(Cl)s1. The molecule has 0 saturated carbocycles. The summed E-state index contributed by atoms with van der Waals surface area (Å²) in [7, 11) is -2.40. The molecule has 0 bridgehead atoms. The average Bonchev–Trinajstić information content (AvgIpc) is 3.22. The van der Waals surface area contributed by atoms with Crippen molar-refractivity contribution in [3.05, 3.63) is 63.9 Å². The van der Waals surface area contributed by atoms with Crippen LogP contribution in [0.3, 0.4) is 0 Å². The number of hydrogen-bond acceptors (Lipinski definition) is 6. The highest BCUT2D eigenvalue weighted by molar-refractivity contribution is 8.19. The van der Waals surface area contributed by atoms with Gasteiger partial charge in [0.15, 0.2) is 5.17 Å². The zero-order chi connectivity index (χ0) is 20.3. The molecule has 1 saturated heterocycles. The van der Waals surface area contributed by atoms with E-state index in [1.807, 2.05) is 0 Å². The fraction of sp³-hybridized carbons (Fsp3) is 0.111. The van der Waals surface area contributed by atoms with Crippen LogP contribution in [0.1, 0.15) is 5.56 Å². The van der Waals surface area contributed by atoms with Crippen LogP contribution in [0.5, 0.6) is 5.75 Å². The lowest BCUT2D eigenvalue weighted by molar-refractivity contribution is -0.121. The predicted octanol–water partition coefficient (Wildman–Crippen LogP) is 4.26. The Balaban J connectivity index is 1.96. The van der Waals surface area contributed by atoms with Gasteiger partial charge in [0.25, 0.3) is 15.9 Å². The summed E-state index contributed by atoms with van der Waals surface area (Å²) in [5.41, 5.74) is 0.782. The number of amides is 1. The summed E-state index contributed by atoms with van der Waals surface area (Å²) in [5.74, 6) is 0.364. The van der Waals surface area contributed by atoms with E-state index >= 15 is 0 Å². The van der Waals surface area contributed by atoms with Crippen LogP contribution in [0.15, 0.2) is 62.6 Å². The zero-order valence-corrected chi connectivity index (χ0v) is 17.9. The molecule has 1 fully saturated rings. The number of rotatable bonds is 6. The first kappa shape index (κ1) is 20.7. The fourth-order valence-electron chi connectivity index (χ4n) is 2.30. The number of carbonyl (C=O) groups is 1. The van der Waals surface area contributed by atoms with Crippen molar-refractivity contribution in [1.82, 2.24) is 4.90 Å². The molecule has 0 unspecified atom stereocenters. The first-order valence-corrected chi connectivity index (χ1v) is 11.4. The molecule has 0 spiro atoms. The van der Waals surface area contributed by atoms with E-state index in [0.717, 1.165) is 28.7 Å². The van der Waals surface area contributed by atoms with Crippen molar-refractivity contribution in [2.24, 2.45) is 4.40 Å². The topological polar surface area (TPSA) is 76.0 Å². The number of halogens is 1. The zero-order valence-electron chi connectivity index (χ0n) is 14.7. The molecule has 3 rings (SSSR count). The molecule has 146 valence electrons. The van der Waals surface area contributed by atoms with Crippen LogP contribution in [-0.2, 0) is 14.8 Å². The van der Waals surface area contributed by atoms with Gasteiger partial charge in [0, 0.05) is 6.54 Å². The number of thioether (sulfide) groups is 1. The second-order valence-electron chi connectivity index (χ2n) is 5.50. The minimum atomic E-state index is -3.97. The third-order valence-electron chi connectivity index (χ3n) is 3.61. The van der Waals surface area contributed by atoms with Gasteiger partial charge in [-0.25, -0.2) is 0 Å². The molecule has 2 aromatic rings. The molecule has 1 amide bonds. The molecular formula is C18H15ClN2O4S3. The van der Waals surface area contributed by atoms with E-state index in [0.29, 0.717) is 15.0 Å². The van der Waals surface area contributed by atoms with Crippen LogP contribution < -0.4 is 4.74 Å². The summed E-state index contributed by atoms with van der Waals surface area (Å²) in [6, 6.07) is 10.0. The van der Waals surface area contributed by atoms with Crippen LogP contribution >= 0.6 is 34.7 Å². The van der Waals surface area contributed by atoms with Crippen molar-refractivity contribution in [3.8, 4) is 5.75 Å². The Morgan fingerprint density at radius 1 is 1.25 bits per heavy atom. The standard InChI is InChI=1S/C18H15ClN2O4S3/c1-3-10-21-17(22)14(11-12-4-6-13(25-2)7-5-12)26-18(21)20-28(23,24)16-9-8-15(19)27-16/h3-9,11H,1,10H2,2H3/b14-11-,20-18?. The molecule has 0 radical (unpaired) electrons. The van der Waals surface area contributed by atoms with E-state index in [1.165, 1.54) is 23.1 Å². The first-order chi connectivity index (χ1) is 13.3. The molecular weight excluding hydrogens is 440 g/mol. The number of thiophene rings is 1. The Morgan fingerprint density at radius 3 is 2.54 bits per heavy atom. The molecule has 2 heterocycles. The van der Waals surface area contributed by atoms with Gasteiger partial charge in [0.1, 0.15) is 9.96 Å². The summed E-state index contributed by atoms with van der Waals surface area (Å²) < 4.78 is 34.4. The lowest BCUT2D eigenvalue weighted by Crippen LogP contribution is -2.29. The van der Waals surface area contributed by atoms with Gasteiger partial charge < -0.3 is 4.74 Å². The molecule has 0 atom stereocenters. The van der Waals surface area contributed by atoms with Gasteiger partial charge in [-0.15, -0.1) is 22.3 Å². The van der Waals surface area contributed by atoms with Gasteiger partial charge in [0.05, 0.1) is 16.4 Å². The highest BCUT2D eigenvalue weighted by Crippen LogP contribution is 2.35. The van der Waals surface area contributed by atoms with Crippen LogP contribution in [-0.4, -0.2) is 38.0 Å². The van der Waals surface area contributed by atoms with Crippen LogP contribution in [0.25, 0.3) is 6.08 Å². The van der Waals surface area contributed by atoms with E-state index in [2.05, 4.69) is 11.0 Å². The van der Waals surface area contributed by atoms with Crippen LogP contribution in [0.2, 0.25) is 4.34 Å². The number of hydrogen-bond donors (Lipinski definition) is 0. The molecule has 1 aliphatic rings.